The molecule has 0 aliphatic rings. The Labute approximate surface area is 77.6 Å². The van der Waals surface area contributed by atoms with Crippen molar-refractivity contribution in [2.24, 2.45) is 0 Å². The van der Waals surface area contributed by atoms with Gasteiger partial charge in [-0.2, -0.15) is 0 Å². The van der Waals surface area contributed by atoms with E-state index in [2.05, 4.69) is 4.98 Å². The van der Waals surface area contributed by atoms with Crippen LogP contribution in [0.2, 0.25) is 0 Å². The Morgan fingerprint density at radius 1 is 1.77 bits per heavy atom. The van der Waals surface area contributed by atoms with Gasteiger partial charge < -0.3 is 0 Å². The molecule has 0 bridgehead atoms. The summed E-state index contributed by atoms with van der Waals surface area (Å²) in [5, 5.41) is 10.2. The molecule has 0 atom stereocenters. The van der Waals surface area contributed by atoms with Crippen LogP contribution in [0.5, 0.6) is 0 Å². The van der Waals surface area contributed by atoms with Gasteiger partial charge in [-0.15, -0.1) is 11.3 Å². The number of nitrogens with one attached hydrogen (secondary N) is 1. The zero-order valence-electron chi connectivity index (χ0n) is 6.60. The molecule has 2 aromatic rings. The van der Waals surface area contributed by atoms with Crippen LogP contribution >= 0.6 is 11.3 Å². The molecule has 6 heteroatoms. The van der Waals surface area contributed by atoms with E-state index in [1.54, 1.807) is 18.0 Å². The van der Waals surface area contributed by atoms with Crippen molar-refractivity contribution in [3.8, 4) is 0 Å². The Morgan fingerprint density at radius 2 is 2.62 bits per heavy atom. The maximum atomic E-state index is 10.9. The van der Waals surface area contributed by atoms with Crippen LogP contribution in [-0.4, -0.2) is 20.5 Å². The van der Waals surface area contributed by atoms with E-state index in [4.69, 9.17) is 5.21 Å². The molecule has 0 fully saturated rings. The summed E-state index contributed by atoms with van der Waals surface area (Å²) in [5.41, 5.74) is 2.42. The Bertz CT molecular complexity index is 434. The Hall–Kier alpha value is -1.40. The first kappa shape index (κ1) is 8.21. The minimum atomic E-state index is -0.423. The molecule has 0 radical (unpaired) electrons. The van der Waals surface area contributed by atoms with Gasteiger partial charge in [-0.25, -0.2) is 10.5 Å². The second kappa shape index (κ2) is 3.15. The molecule has 2 aromatic heterocycles. The highest BCUT2D eigenvalue weighted by Gasteiger charge is 2.07. The van der Waals surface area contributed by atoms with E-state index in [1.165, 1.54) is 11.3 Å². The quantitative estimate of drug-likeness (QED) is 0.542. The fourth-order valence-electron chi connectivity index (χ4n) is 1.10. The lowest BCUT2D eigenvalue weighted by Gasteiger charge is -1.96. The van der Waals surface area contributed by atoms with Crippen LogP contribution in [0.1, 0.15) is 5.69 Å². The van der Waals surface area contributed by atoms with Gasteiger partial charge in [0.15, 0.2) is 0 Å². The lowest BCUT2D eigenvalue weighted by atomic mass is 10.3. The zero-order valence-corrected chi connectivity index (χ0v) is 7.41. The minimum absolute atomic E-state index is 0.160. The monoisotopic (exact) mass is 197 g/mol. The molecule has 0 aliphatic heterocycles. The van der Waals surface area contributed by atoms with Crippen molar-refractivity contribution in [2.75, 3.05) is 0 Å². The number of hydrogen-bond acceptors (Lipinski definition) is 4. The molecule has 0 unspecified atom stereocenters. The second-order valence-corrected chi connectivity index (χ2v) is 3.43. The van der Waals surface area contributed by atoms with Gasteiger partial charge in [0.2, 0.25) is 5.91 Å². The Kier molecular flexibility index (Phi) is 1.99. The maximum absolute atomic E-state index is 10.9. The first-order valence-electron chi connectivity index (χ1n) is 3.62. The van der Waals surface area contributed by atoms with Gasteiger partial charge in [-0.05, 0) is 0 Å². The summed E-state index contributed by atoms with van der Waals surface area (Å²) in [6.07, 6.45) is 3.53. The maximum Gasteiger partial charge on any atom is 0.249 e. The van der Waals surface area contributed by atoms with E-state index in [-0.39, 0.29) is 6.42 Å². The van der Waals surface area contributed by atoms with Crippen LogP contribution in [0, 0.1) is 0 Å². The van der Waals surface area contributed by atoms with E-state index in [0.29, 0.717) is 0 Å². The molecule has 2 heterocycles. The summed E-state index contributed by atoms with van der Waals surface area (Å²) in [5.74, 6) is -0.423. The topological polar surface area (TPSA) is 66.6 Å². The van der Waals surface area contributed by atoms with Crippen LogP contribution in [0.4, 0.5) is 0 Å². The summed E-state index contributed by atoms with van der Waals surface area (Å²) in [4.78, 5) is 15.8. The fourth-order valence-corrected chi connectivity index (χ4v) is 1.96. The standard InChI is InChI=1S/C7H7N3O2S/c11-6(9-12)1-5-3-13-7-2-8-4-10(5)7/h2-4,12H,1H2,(H,9,11). The molecule has 0 aliphatic carbocycles. The summed E-state index contributed by atoms with van der Waals surface area (Å²) in [6, 6.07) is 0. The molecule has 0 spiro atoms. The fraction of sp³-hybridized carbons (Fsp3) is 0.143. The number of aromatic nitrogens is 2. The molecule has 1 amide bonds. The molecule has 0 aromatic carbocycles. The number of fused-ring (bicyclic) bond motifs is 1. The van der Waals surface area contributed by atoms with Crippen molar-refractivity contribution < 1.29 is 10.0 Å². The number of thiazole rings is 1. The average Bonchev–Trinajstić information content (AvgIpc) is 2.69. The van der Waals surface area contributed by atoms with Gasteiger partial charge in [-0.1, -0.05) is 0 Å². The Balaban J connectivity index is 2.33. The van der Waals surface area contributed by atoms with Gasteiger partial charge in [0.1, 0.15) is 11.2 Å². The lowest BCUT2D eigenvalue weighted by Crippen LogP contribution is -2.21. The molecule has 0 saturated heterocycles. The largest absolute Gasteiger partial charge is 0.293 e. The van der Waals surface area contributed by atoms with Gasteiger partial charge in [-0.3, -0.25) is 14.4 Å². The number of hydrogen-bond donors (Lipinski definition) is 2. The summed E-state index contributed by atoms with van der Waals surface area (Å²) < 4.78 is 1.82. The average molecular weight is 197 g/mol. The van der Waals surface area contributed by atoms with Crippen molar-refractivity contribution >= 4 is 22.1 Å². The summed E-state index contributed by atoms with van der Waals surface area (Å²) in [7, 11) is 0. The number of carbonyl (C=O) groups excluding carboxylic acids is 1. The molecular weight excluding hydrogens is 190 g/mol. The van der Waals surface area contributed by atoms with Crippen LogP contribution < -0.4 is 5.48 Å². The molecule has 13 heavy (non-hydrogen) atoms. The summed E-state index contributed by atoms with van der Waals surface area (Å²) >= 11 is 1.51. The SMILES string of the molecule is O=C(Cc1csc2cncn12)NO. The van der Waals surface area contributed by atoms with Crippen LogP contribution in [0.3, 0.4) is 0 Å². The molecule has 2 rings (SSSR count). The van der Waals surface area contributed by atoms with E-state index < -0.39 is 5.91 Å². The summed E-state index contributed by atoms with van der Waals surface area (Å²) in [6.45, 7) is 0. The predicted octanol–water partition coefficient (Wildman–Crippen LogP) is 0.444. The smallest absolute Gasteiger partial charge is 0.249 e. The van der Waals surface area contributed by atoms with E-state index >= 15 is 0 Å². The number of amides is 1. The predicted molar refractivity (Wildman–Crippen MR) is 46.7 cm³/mol. The van der Waals surface area contributed by atoms with Crippen molar-refractivity contribution in [1.29, 1.82) is 0 Å². The number of imidazole rings is 1. The number of hydroxylamine groups is 1. The van der Waals surface area contributed by atoms with E-state index in [0.717, 1.165) is 10.5 Å². The van der Waals surface area contributed by atoms with Crippen molar-refractivity contribution in [3.63, 3.8) is 0 Å². The third kappa shape index (κ3) is 1.41. The first-order chi connectivity index (χ1) is 6.31. The van der Waals surface area contributed by atoms with Gasteiger partial charge in [0.25, 0.3) is 0 Å². The molecule has 68 valence electrons. The number of carbonyl (C=O) groups is 1. The van der Waals surface area contributed by atoms with Gasteiger partial charge in [0.05, 0.1) is 12.6 Å². The van der Waals surface area contributed by atoms with Crippen LogP contribution in [-0.2, 0) is 11.2 Å². The van der Waals surface area contributed by atoms with Crippen LogP contribution in [0.25, 0.3) is 4.83 Å². The number of nitrogens with zero attached hydrogens (tertiary/aromatic N) is 2. The third-order valence-corrected chi connectivity index (χ3v) is 2.63. The van der Waals surface area contributed by atoms with Gasteiger partial charge in [0, 0.05) is 11.1 Å². The Morgan fingerprint density at radius 3 is 3.38 bits per heavy atom. The molecule has 2 N–H and O–H groups in total. The van der Waals surface area contributed by atoms with Crippen molar-refractivity contribution in [3.05, 3.63) is 23.6 Å². The molecule has 5 nitrogen and oxygen atoms in total. The second-order valence-electron chi connectivity index (χ2n) is 2.54. The zero-order chi connectivity index (χ0) is 9.26. The van der Waals surface area contributed by atoms with Gasteiger partial charge >= 0.3 is 0 Å². The van der Waals surface area contributed by atoms with Crippen LogP contribution in [0.15, 0.2) is 17.9 Å². The highest BCUT2D eigenvalue weighted by molar-refractivity contribution is 7.15. The lowest BCUT2D eigenvalue weighted by molar-refractivity contribution is -0.128. The third-order valence-electron chi connectivity index (χ3n) is 1.70. The van der Waals surface area contributed by atoms with E-state index in [9.17, 15) is 4.79 Å². The molecule has 0 saturated carbocycles. The highest BCUT2D eigenvalue weighted by Crippen LogP contribution is 2.15. The van der Waals surface area contributed by atoms with E-state index in [1.807, 2.05) is 9.78 Å². The highest BCUT2D eigenvalue weighted by atomic mass is 32.1. The van der Waals surface area contributed by atoms with Crippen molar-refractivity contribution in [2.45, 2.75) is 6.42 Å². The molecular formula is C7H7N3O2S. The van der Waals surface area contributed by atoms with Crippen molar-refractivity contribution in [1.82, 2.24) is 14.9 Å². The minimum Gasteiger partial charge on any atom is -0.293 e. The normalized spacial score (nSPS) is 10.5. The first-order valence-corrected chi connectivity index (χ1v) is 4.50. The number of rotatable bonds is 2.